The Balaban J connectivity index is 1.63. The number of rotatable bonds is 2. The summed E-state index contributed by atoms with van der Waals surface area (Å²) < 4.78 is 1.78. The predicted molar refractivity (Wildman–Crippen MR) is 92.4 cm³/mol. The van der Waals surface area contributed by atoms with Crippen LogP contribution in [0, 0.1) is 0 Å². The van der Waals surface area contributed by atoms with Crippen LogP contribution in [0.5, 0.6) is 0 Å². The first-order valence-corrected chi connectivity index (χ1v) is 8.45. The largest absolute Gasteiger partial charge is 0.306 e. The molecule has 0 atom stereocenters. The Hall–Kier alpha value is -2.53. The van der Waals surface area contributed by atoms with Crippen molar-refractivity contribution < 1.29 is 4.79 Å². The fraction of sp³-hybridized carbons (Fsp3) is 0.111. The summed E-state index contributed by atoms with van der Waals surface area (Å²) in [5, 5.41) is 4.20. The van der Waals surface area contributed by atoms with Gasteiger partial charge in [-0.3, -0.25) is 4.79 Å². The molecule has 0 saturated heterocycles. The maximum atomic E-state index is 12.9. The highest BCUT2D eigenvalue weighted by Gasteiger charge is 2.23. The normalized spacial score (nSPS) is 13.7. The summed E-state index contributed by atoms with van der Waals surface area (Å²) in [5.41, 5.74) is 2.65. The van der Waals surface area contributed by atoms with Gasteiger partial charge in [-0.15, -0.1) is 11.8 Å². The maximum Gasteiger partial charge on any atom is 0.258 e. The molecule has 5 heteroatoms. The summed E-state index contributed by atoms with van der Waals surface area (Å²) in [7, 11) is 0. The first-order valence-electron chi connectivity index (χ1n) is 7.47. The molecule has 2 heterocycles. The highest BCUT2D eigenvalue weighted by Crippen LogP contribution is 2.35. The van der Waals surface area contributed by atoms with E-state index in [1.165, 1.54) is 4.90 Å². The quantitative estimate of drug-likeness (QED) is 0.723. The fourth-order valence-corrected chi connectivity index (χ4v) is 3.71. The zero-order valence-corrected chi connectivity index (χ0v) is 13.2. The molecule has 3 aromatic rings. The molecule has 1 aliphatic heterocycles. The van der Waals surface area contributed by atoms with Gasteiger partial charge >= 0.3 is 0 Å². The van der Waals surface area contributed by atoms with Crippen molar-refractivity contribution in [2.45, 2.75) is 4.90 Å². The molecule has 0 radical (unpaired) electrons. The van der Waals surface area contributed by atoms with E-state index in [9.17, 15) is 4.79 Å². The monoisotopic (exact) mass is 321 g/mol. The summed E-state index contributed by atoms with van der Waals surface area (Å²) in [5.74, 6) is 0.971. The summed E-state index contributed by atoms with van der Waals surface area (Å²) >= 11 is 1.80. The molecule has 0 unspecified atom stereocenters. The molecule has 0 fully saturated rings. The third-order valence-electron chi connectivity index (χ3n) is 3.86. The molecular formula is C18H15N3OS. The van der Waals surface area contributed by atoms with Gasteiger partial charge in [0.15, 0.2) is 0 Å². The Morgan fingerprint density at radius 3 is 2.65 bits per heavy atom. The van der Waals surface area contributed by atoms with Gasteiger partial charge in [0, 0.05) is 35.2 Å². The van der Waals surface area contributed by atoms with E-state index in [1.54, 1.807) is 22.6 Å². The average molecular weight is 321 g/mol. The molecule has 1 aliphatic rings. The van der Waals surface area contributed by atoms with Gasteiger partial charge in [-0.25, -0.2) is 4.68 Å². The minimum atomic E-state index is 0.0461. The zero-order chi connectivity index (χ0) is 15.6. The Morgan fingerprint density at radius 2 is 1.87 bits per heavy atom. The van der Waals surface area contributed by atoms with Crippen LogP contribution in [0.25, 0.3) is 5.69 Å². The standard InChI is InChI=1S/C18H15N3OS/c22-18(20-12-13-23-17-5-2-1-4-16(17)20)14-6-8-15(9-7-14)21-11-3-10-19-21/h1-11H,12-13H2. The minimum Gasteiger partial charge on any atom is -0.306 e. The minimum absolute atomic E-state index is 0.0461. The van der Waals surface area contributed by atoms with Gasteiger partial charge in [0.05, 0.1) is 11.4 Å². The third-order valence-corrected chi connectivity index (χ3v) is 4.90. The lowest BCUT2D eigenvalue weighted by Crippen LogP contribution is -2.35. The van der Waals surface area contributed by atoms with E-state index >= 15 is 0 Å². The molecule has 23 heavy (non-hydrogen) atoms. The Bertz CT molecular complexity index is 828. The zero-order valence-electron chi connectivity index (χ0n) is 12.4. The highest BCUT2D eigenvalue weighted by molar-refractivity contribution is 7.99. The molecule has 0 bridgehead atoms. The Morgan fingerprint density at radius 1 is 1.04 bits per heavy atom. The molecule has 4 nitrogen and oxygen atoms in total. The second kappa shape index (κ2) is 5.93. The number of thioether (sulfide) groups is 1. The topological polar surface area (TPSA) is 38.1 Å². The van der Waals surface area contributed by atoms with Gasteiger partial charge in [-0.05, 0) is 42.5 Å². The van der Waals surface area contributed by atoms with Gasteiger partial charge < -0.3 is 4.90 Å². The van der Waals surface area contributed by atoms with E-state index in [2.05, 4.69) is 11.2 Å². The fourth-order valence-electron chi connectivity index (χ4n) is 2.71. The van der Waals surface area contributed by atoms with Crippen LogP contribution >= 0.6 is 11.8 Å². The molecule has 114 valence electrons. The first-order chi connectivity index (χ1) is 11.3. The molecule has 0 aliphatic carbocycles. The van der Waals surface area contributed by atoms with Crippen LogP contribution in [0.2, 0.25) is 0 Å². The maximum absolute atomic E-state index is 12.9. The van der Waals surface area contributed by atoms with Gasteiger partial charge in [-0.2, -0.15) is 5.10 Å². The van der Waals surface area contributed by atoms with Crippen LogP contribution in [-0.4, -0.2) is 28.0 Å². The number of amides is 1. The molecular weight excluding hydrogens is 306 g/mol. The molecule has 4 rings (SSSR count). The second-order valence-corrected chi connectivity index (χ2v) is 6.41. The molecule has 0 N–H and O–H groups in total. The smallest absolute Gasteiger partial charge is 0.258 e. The number of hydrogen-bond donors (Lipinski definition) is 0. The van der Waals surface area contributed by atoms with Crippen molar-refractivity contribution in [3.63, 3.8) is 0 Å². The van der Waals surface area contributed by atoms with Crippen molar-refractivity contribution >= 4 is 23.4 Å². The van der Waals surface area contributed by atoms with E-state index in [0.717, 1.165) is 23.7 Å². The van der Waals surface area contributed by atoms with Crippen LogP contribution in [0.4, 0.5) is 5.69 Å². The van der Waals surface area contributed by atoms with Crippen molar-refractivity contribution in [2.75, 3.05) is 17.2 Å². The summed E-state index contributed by atoms with van der Waals surface area (Å²) in [4.78, 5) is 15.9. The number of aromatic nitrogens is 2. The predicted octanol–water partition coefficient (Wildman–Crippen LogP) is 3.62. The van der Waals surface area contributed by atoms with E-state index in [4.69, 9.17) is 0 Å². The van der Waals surface area contributed by atoms with E-state index < -0.39 is 0 Å². The number of para-hydroxylation sites is 1. The number of anilines is 1. The van der Waals surface area contributed by atoms with Crippen molar-refractivity contribution in [2.24, 2.45) is 0 Å². The van der Waals surface area contributed by atoms with Crippen molar-refractivity contribution in [1.82, 2.24) is 9.78 Å². The molecule has 1 amide bonds. The Kier molecular flexibility index (Phi) is 3.63. The molecule has 2 aromatic carbocycles. The average Bonchev–Trinajstić information content (AvgIpc) is 3.15. The lowest BCUT2D eigenvalue weighted by Gasteiger charge is -2.29. The molecule has 0 saturated carbocycles. The van der Waals surface area contributed by atoms with Crippen molar-refractivity contribution in [1.29, 1.82) is 0 Å². The van der Waals surface area contributed by atoms with Crippen molar-refractivity contribution in [3.8, 4) is 5.69 Å². The van der Waals surface area contributed by atoms with E-state index in [1.807, 2.05) is 59.6 Å². The number of hydrogen-bond acceptors (Lipinski definition) is 3. The van der Waals surface area contributed by atoms with E-state index in [0.29, 0.717) is 5.56 Å². The summed E-state index contributed by atoms with van der Waals surface area (Å²) in [6.07, 6.45) is 3.62. The second-order valence-electron chi connectivity index (χ2n) is 5.27. The lowest BCUT2D eigenvalue weighted by molar-refractivity contribution is 0.0987. The van der Waals surface area contributed by atoms with Crippen LogP contribution in [0.1, 0.15) is 10.4 Å². The number of carbonyl (C=O) groups excluding carboxylic acids is 1. The highest BCUT2D eigenvalue weighted by atomic mass is 32.2. The van der Waals surface area contributed by atoms with Crippen LogP contribution in [-0.2, 0) is 0 Å². The van der Waals surface area contributed by atoms with Crippen molar-refractivity contribution in [3.05, 3.63) is 72.6 Å². The lowest BCUT2D eigenvalue weighted by atomic mass is 10.1. The SMILES string of the molecule is O=C(c1ccc(-n2cccn2)cc1)N1CCSc2ccccc21. The molecule has 1 aromatic heterocycles. The number of carbonyl (C=O) groups is 1. The first kappa shape index (κ1) is 14.1. The van der Waals surface area contributed by atoms with Crippen LogP contribution in [0.15, 0.2) is 71.9 Å². The van der Waals surface area contributed by atoms with Gasteiger partial charge in [-0.1, -0.05) is 12.1 Å². The van der Waals surface area contributed by atoms with Gasteiger partial charge in [0.2, 0.25) is 0 Å². The third kappa shape index (κ3) is 2.64. The van der Waals surface area contributed by atoms with E-state index in [-0.39, 0.29) is 5.91 Å². The Labute approximate surface area is 138 Å². The number of nitrogens with zero attached hydrogens (tertiary/aromatic N) is 3. The number of benzene rings is 2. The van der Waals surface area contributed by atoms with Crippen LogP contribution < -0.4 is 4.90 Å². The summed E-state index contributed by atoms with van der Waals surface area (Å²) in [6.45, 7) is 0.738. The number of fused-ring (bicyclic) bond motifs is 1. The van der Waals surface area contributed by atoms with Gasteiger partial charge in [0.1, 0.15) is 0 Å². The van der Waals surface area contributed by atoms with Gasteiger partial charge in [0.25, 0.3) is 5.91 Å². The summed E-state index contributed by atoms with van der Waals surface area (Å²) in [6, 6.07) is 17.5. The van der Waals surface area contributed by atoms with Crippen LogP contribution in [0.3, 0.4) is 0 Å². The molecule has 0 spiro atoms.